The van der Waals surface area contributed by atoms with Gasteiger partial charge in [0.15, 0.2) is 5.96 Å². The lowest BCUT2D eigenvalue weighted by Gasteiger charge is -2.25. The van der Waals surface area contributed by atoms with Crippen LogP contribution in [0.4, 0.5) is 0 Å². The standard InChI is InChI=1S/C19H26N6.HI/c1-13-21-18-16(9-6-10-25(18)24-13)22-19(20-2)23-17-12-15(17)11-14-7-4-3-5-8-14;/h3-5,7-8,15-17H,6,9-12H2,1-2H3,(H2,20,22,23);1H. The molecule has 4 rings (SSSR count). The van der Waals surface area contributed by atoms with Gasteiger partial charge in [0.25, 0.3) is 0 Å². The molecule has 6 nitrogen and oxygen atoms in total. The zero-order chi connectivity index (χ0) is 17.2. The number of guanidine groups is 1. The molecular weight excluding hydrogens is 439 g/mol. The quantitative estimate of drug-likeness (QED) is 0.413. The van der Waals surface area contributed by atoms with Crippen molar-refractivity contribution in [2.75, 3.05) is 7.05 Å². The molecule has 140 valence electrons. The Kier molecular flexibility index (Phi) is 6.16. The lowest BCUT2D eigenvalue weighted by atomic mass is 10.1. The molecule has 7 heteroatoms. The molecule has 2 aliphatic rings. The van der Waals surface area contributed by atoms with Crippen LogP contribution in [0.5, 0.6) is 0 Å². The van der Waals surface area contributed by atoms with Crippen LogP contribution in [0.25, 0.3) is 0 Å². The van der Waals surface area contributed by atoms with E-state index in [1.807, 2.05) is 18.7 Å². The van der Waals surface area contributed by atoms with Gasteiger partial charge in [-0.3, -0.25) is 4.99 Å². The third kappa shape index (κ3) is 4.36. The molecule has 2 aromatic rings. The second-order valence-corrected chi connectivity index (χ2v) is 7.09. The molecule has 0 saturated heterocycles. The average Bonchev–Trinajstić information content (AvgIpc) is 3.21. The van der Waals surface area contributed by atoms with Crippen LogP contribution in [0.15, 0.2) is 35.3 Å². The van der Waals surface area contributed by atoms with Crippen LogP contribution in [0.2, 0.25) is 0 Å². The molecule has 0 amide bonds. The zero-order valence-corrected chi connectivity index (χ0v) is 17.7. The number of hydrogen-bond acceptors (Lipinski definition) is 3. The van der Waals surface area contributed by atoms with Crippen LogP contribution in [-0.2, 0) is 13.0 Å². The predicted octanol–water partition coefficient (Wildman–Crippen LogP) is 2.84. The Labute approximate surface area is 171 Å². The van der Waals surface area contributed by atoms with Crippen LogP contribution in [0.3, 0.4) is 0 Å². The first-order valence-electron chi connectivity index (χ1n) is 9.18. The summed E-state index contributed by atoms with van der Waals surface area (Å²) in [5.74, 6) is 3.44. The zero-order valence-electron chi connectivity index (χ0n) is 15.4. The van der Waals surface area contributed by atoms with Crippen molar-refractivity contribution in [2.45, 2.75) is 51.2 Å². The van der Waals surface area contributed by atoms with Gasteiger partial charge in [-0.2, -0.15) is 5.10 Å². The number of aryl methyl sites for hydroxylation is 2. The van der Waals surface area contributed by atoms with E-state index in [1.165, 1.54) is 12.0 Å². The van der Waals surface area contributed by atoms with Crippen molar-refractivity contribution in [1.29, 1.82) is 0 Å². The summed E-state index contributed by atoms with van der Waals surface area (Å²) in [6, 6.07) is 11.4. The Morgan fingerprint density at radius 1 is 1.27 bits per heavy atom. The molecule has 0 radical (unpaired) electrons. The van der Waals surface area contributed by atoms with Crippen molar-refractivity contribution < 1.29 is 0 Å². The Morgan fingerprint density at radius 2 is 2.08 bits per heavy atom. The van der Waals surface area contributed by atoms with Gasteiger partial charge in [0.2, 0.25) is 0 Å². The van der Waals surface area contributed by atoms with Crippen molar-refractivity contribution >= 4 is 29.9 Å². The lowest BCUT2D eigenvalue weighted by molar-refractivity contribution is 0.397. The summed E-state index contributed by atoms with van der Waals surface area (Å²) in [7, 11) is 1.84. The smallest absolute Gasteiger partial charge is 0.191 e. The molecule has 0 spiro atoms. The largest absolute Gasteiger partial charge is 0.353 e. The molecule has 1 aromatic carbocycles. The highest BCUT2D eigenvalue weighted by molar-refractivity contribution is 14.0. The number of nitrogens with zero attached hydrogens (tertiary/aromatic N) is 4. The molecule has 2 heterocycles. The topological polar surface area (TPSA) is 67.1 Å². The summed E-state index contributed by atoms with van der Waals surface area (Å²) in [5, 5.41) is 11.6. The molecule has 1 saturated carbocycles. The summed E-state index contributed by atoms with van der Waals surface area (Å²) in [5.41, 5.74) is 1.41. The second-order valence-electron chi connectivity index (χ2n) is 7.09. The van der Waals surface area contributed by atoms with Gasteiger partial charge in [-0.25, -0.2) is 9.67 Å². The fourth-order valence-electron chi connectivity index (χ4n) is 3.68. The van der Waals surface area contributed by atoms with Crippen LogP contribution in [0.1, 0.15) is 42.5 Å². The maximum Gasteiger partial charge on any atom is 0.191 e. The summed E-state index contributed by atoms with van der Waals surface area (Å²) in [6.45, 7) is 2.91. The van der Waals surface area contributed by atoms with E-state index >= 15 is 0 Å². The predicted molar refractivity (Wildman–Crippen MR) is 114 cm³/mol. The Balaban J connectivity index is 0.00000196. The van der Waals surface area contributed by atoms with Crippen molar-refractivity contribution in [3.63, 3.8) is 0 Å². The van der Waals surface area contributed by atoms with Crippen molar-refractivity contribution in [1.82, 2.24) is 25.4 Å². The van der Waals surface area contributed by atoms with E-state index in [-0.39, 0.29) is 30.0 Å². The molecule has 1 aliphatic carbocycles. The van der Waals surface area contributed by atoms with Crippen LogP contribution in [-0.4, -0.2) is 33.8 Å². The summed E-state index contributed by atoms with van der Waals surface area (Å²) in [6.07, 6.45) is 4.52. The first kappa shape index (κ1) is 19.1. The van der Waals surface area contributed by atoms with Gasteiger partial charge in [0.1, 0.15) is 11.6 Å². The van der Waals surface area contributed by atoms with Gasteiger partial charge in [-0.05, 0) is 44.1 Å². The molecule has 1 fully saturated rings. The first-order valence-corrected chi connectivity index (χ1v) is 9.18. The highest BCUT2D eigenvalue weighted by Crippen LogP contribution is 2.33. The number of halogens is 1. The van der Waals surface area contributed by atoms with Gasteiger partial charge in [-0.15, -0.1) is 24.0 Å². The van der Waals surface area contributed by atoms with Crippen molar-refractivity contribution in [3.05, 3.63) is 47.5 Å². The molecule has 1 aliphatic heterocycles. The van der Waals surface area contributed by atoms with Gasteiger partial charge in [0, 0.05) is 19.6 Å². The van der Waals surface area contributed by atoms with E-state index < -0.39 is 0 Å². The molecule has 3 unspecified atom stereocenters. The second kappa shape index (κ2) is 8.37. The lowest BCUT2D eigenvalue weighted by Crippen LogP contribution is -2.42. The van der Waals surface area contributed by atoms with Crippen LogP contribution < -0.4 is 10.6 Å². The van der Waals surface area contributed by atoms with Crippen LogP contribution >= 0.6 is 24.0 Å². The van der Waals surface area contributed by atoms with Crippen LogP contribution in [0, 0.1) is 12.8 Å². The Hall–Kier alpha value is -1.64. The minimum Gasteiger partial charge on any atom is -0.353 e. The van der Waals surface area contributed by atoms with Crippen molar-refractivity contribution in [2.24, 2.45) is 10.9 Å². The number of fused-ring (bicyclic) bond motifs is 1. The summed E-state index contributed by atoms with van der Waals surface area (Å²) < 4.78 is 2.03. The van der Waals surface area contributed by atoms with Gasteiger partial charge in [0.05, 0.1) is 6.04 Å². The fraction of sp³-hybridized carbons (Fsp3) is 0.526. The highest BCUT2D eigenvalue weighted by Gasteiger charge is 2.38. The molecule has 3 atom stereocenters. The van der Waals surface area contributed by atoms with E-state index in [2.05, 4.69) is 56.0 Å². The van der Waals surface area contributed by atoms with Gasteiger partial charge < -0.3 is 10.6 Å². The number of aromatic nitrogens is 3. The van der Waals surface area contributed by atoms with Crippen molar-refractivity contribution in [3.8, 4) is 0 Å². The molecule has 2 N–H and O–H groups in total. The number of benzene rings is 1. The molecule has 0 bridgehead atoms. The highest BCUT2D eigenvalue weighted by atomic mass is 127. The number of aliphatic imine (C=N–C) groups is 1. The third-order valence-electron chi connectivity index (χ3n) is 5.10. The number of hydrogen-bond donors (Lipinski definition) is 2. The number of rotatable bonds is 4. The maximum absolute atomic E-state index is 4.59. The number of nitrogens with one attached hydrogen (secondary N) is 2. The van der Waals surface area contributed by atoms with Gasteiger partial charge >= 0.3 is 0 Å². The monoisotopic (exact) mass is 466 g/mol. The summed E-state index contributed by atoms with van der Waals surface area (Å²) in [4.78, 5) is 9.01. The van der Waals surface area contributed by atoms with E-state index in [0.717, 1.165) is 43.4 Å². The van der Waals surface area contributed by atoms with E-state index in [4.69, 9.17) is 0 Å². The molecular formula is C19H27IN6. The maximum atomic E-state index is 4.59. The summed E-state index contributed by atoms with van der Waals surface area (Å²) >= 11 is 0. The SMILES string of the molecule is CN=C(NC1CCCn2nc(C)nc21)NC1CC1Cc1ccccc1.I. The third-order valence-corrected chi connectivity index (χ3v) is 5.10. The van der Waals surface area contributed by atoms with E-state index in [9.17, 15) is 0 Å². The molecule has 26 heavy (non-hydrogen) atoms. The fourth-order valence-corrected chi connectivity index (χ4v) is 3.68. The minimum absolute atomic E-state index is 0. The Bertz CT molecular complexity index is 757. The normalized spacial score (nSPS) is 24.4. The minimum atomic E-state index is 0. The molecule has 1 aromatic heterocycles. The first-order chi connectivity index (χ1) is 12.2. The van der Waals surface area contributed by atoms with E-state index in [1.54, 1.807) is 0 Å². The van der Waals surface area contributed by atoms with Gasteiger partial charge in [-0.1, -0.05) is 30.3 Å². The van der Waals surface area contributed by atoms with E-state index in [0.29, 0.717) is 12.0 Å². The average molecular weight is 466 g/mol. The Morgan fingerprint density at radius 3 is 2.85 bits per heavy atom.